The molecule has 2 fully saturated rings. The number of amidine groups is 2. The van der Waals surface area contributed by atoms with Crippen molar-refractivity contribution in [1.82, 2.24) is 9.97 Å². The molecule has 4 N–H and O–H groups in total. The van der Waals surface area contributed by atoms with E-state index in [1.165, 1.54) is 72.3 Å². The van der Waals surface area contributed by atoms with Crippen molar-refractivity contribution in [2.24, 2.45) is 33.3 Å². The number of nitrogens with zero attached hydrogens (tertiary/aromatic N) is 4. The second kappa shape index (κ2) is 16.6. The van der Waals surface area contributed by atoms with Crippen molar-refractivity contribution in [3.63, 3.8) is 0 Å². The van der Waals surface area contributed by atoms with Crippen molar-refractivity contribution in [3.8, 4) is 0 Å². The Labute approximate surface area is 370 Å². The first-order valence-electron chi connectivity index (χ1n) is 19.1. The van der Waals surface area contributed by atoms with Gasteiger partial charge in [0.15, 0.2) is 10.3 Å². The number of hydrogen-bond donors (Lipinski definition) is 2. The van der Waals surface area contributed by atoms with Gasteiger partial charge in [-0.05, 0) is 130 Å². The molecule has 2 aromatic carbocycles. The van der Waals surface area contributed by atoms with Gasteiger partial charge in [0, 0.05) is 57.1 Å². The molecule has 312 valence electrons. The lowest BCUT2D eigenvalue weighted by atomic mass is 9.84. The number of nitrogens with two attached hydrogens (primary N) is 2. The lowest BCUT2D eigenvalue weighted by Crippen LogP contribution is -2.39. The maximum absolute atomic E-state index is 14.9. The van der Waals surface area contributed by atoms with Gasteiger partial charge in [0.05, 0.1) is 32.0 Å². The zero-order valence-corrected chi connectivity index (χ0v) is 37.7. The Bertz CT molecular complexity index is 2350. The molecule has 2 aromatic heterocycles. The zero-order chi connectivity index (χ0) is 43.4. The van der Waals surface area contributed by atoms with Crippen molar-refractivity contribution >= 4 is 101 Å². The predicted molar refractivity (Wildman–Crippen MR) is 240 cm³/mol. The number of benzene rings is 2. The third-order valence-corrected chi connectivity index (χ3v) is 15.2. The Morgan fingerprint density at radius 1 is 0.700 bits per heavy atom. The van der Waals surface area contributed by atoms with Gasteiger partial charge in [-0.15, -0.1) is 0 Å². The molecule has 0 amide bonds. The van der Waals surface area contributed by atoms with Crippen LogP contribution in [0.15, 0.2) is 92.0 Å². The van der Waals surface area contributed by atoms with Crippen LogP contribution in [0.4, 0.5) is 17.6 Å². The minimum Gasteiger partial charge on any atom is -0.378 e. The number of aliphatic imine (C=N–C) groups is 2. The molecule has 2 aliphatic heterocycles. The van der Waals surface area contributed by atoms with Crippen LogP contribution < -0.4 is 11.5 Å². The molecular formula is C44H40Br2F4N6O2S2. The van der Waals surface area contributed by atoms with Gasteiger partial charge < -0.3 is 11.5 Å². The van der Waals surface area contributed by atoms with Crippen LogP contribution >= 0.6 is 55.4 Å². The van der Waals surface area contributed by atoms with Crippen molar-refractivity contribution in [1.29, 1.82) is 0 Å². The maximum atomic E-state index is 14.9. The van der Waals surface area contributed by atoms with E-state index in [1.807, 2.05) is 13.8 Å². The first-order chi connectivity index (χ1) is 28.4. The van der Waals surface area contributed by atoms with E-state index in [9.17, 15) is 27.2 Å². The Morgan fingerprint density at radius 2 is 1.08 bits per heavy atom. The second-order valence-electron chi connectivity index (χ2n) is 15.4. The van der Waals surface area contributed by atoms with Gasteiger partial charge in [0.2, 0.25) is 0 Å². The van der Waals surface area contributed by atoms with Crippen LogP contribution in [0.2, 0.25) is 0 Å². The fraction of sp³-hybridized carbons (Fsp3) is 0.318. The summed E-state index contributed by atoms with van der Waals surface area (Å²) in [6.07, 6.45) is 7.62. The summed E-state index contributed by atoms with van der Waals surface area (Å²) in [7, 11) is 0. The number of hydrogen-bond acceptors (Lipinski definition) is 10. The summed E-state index contributed by atoms with van der Waals surface area (Å²) in [6, 6.07) is 15.3. The maximum Gasteiger partial charge on any atom is 0.155 e. The van der Waals surface area contributed by atoms with E-state index in [0.29, 0.717) is 47.9 Å². The lowest BCUT2D eigenvalue weighted by molar-refractivity contribution is -0.120. The third-order valence-electron chi connectivity index (χ3n) is 11.6. The summed E-state index contributed by atoms with van der Waals surface area (Å²) in [5, 5.41) is 0.553. The van der Waals surface area contributed by atoms with Gasteiger partial charge in [-0.25, -0.2) is 17.6 Å². The van der Waals surface area contributed by atoms with Gasteiger partial charge in [-0.1, -0.05) is 49.5 Å². The molecule has 4 aliphatic rings. The minimum atomic E-state index is -0.986. The Morgan fingerprint density at radius 3 is 1.42 bits per heavy atom. The Kier molecular flexibility index (Phi) is 12.2. The van der Waals surface area contributed by atoms with E-state index in [0.717, 1.165) is 8.95 Å². The SMILES string of the molecule is CCC(=O)[C@]12C[C@H]1[C@@](C)(c1cc(/C=C(/F)c3ccc(Br)cn3)ccc1F)N=C(N)S2.CCC(=O)[C@]12C[C@H]1[C@@](C)(c1cc(/C=C(\F)c3ccc(Br)cn3)ccc1F)N=C(N)S2. The van der Waals surface area contributed by atoms with E-state index in [2.05, 4.69) is 51.8 Å². The summed E-state index contributed by atoms with van der Waals surface area (Å²) in [5.74, 6) is -2.07. The minimum absolute atomic E-state index is 0.102. The van der Waals surface area contributed by atoms with E-state index >= 15 is 0 Å². The number of pyridine rings is 2. The Hall–Kier alpha value is -4.12. The van der Waals surface area contributed by atoms with Crippen molar-refractivity contribution in [2.75, 3.05) is 0 Å². The molecule has 0 spiro atoms. The average Bonchev–Trinajstić information content (AvgIpc) is 4.14. The molecule has 2 aliphatic carbocycles. The quantitative estimate of drug-likeness (QED) is 0.150. The summed E-state index contributed by atoms with van der Waals surface area (Å²) < 4.78 is 59.4. The van der Waals surface area contributed by atoms with Crippen LogP contribution in [0.25, 0.3) is 23.8 Å². The number of rotatable bonds is 10. The molecule has 6 atom stereocenters. The zero-order valence-electron chi connectivity index (χ0n) is 32.9. The molecule has 60 heavy (non-hydrogen) atoms. The van der Waals surface area contributed by atoms with Crippen molar-refractivity contribution in [3.05, 3.63) is 127 Å². The molecule has 4 aromatic rings. The Balaban J connectivity index is 0.000000181. The van der Waals surface area contributed by atoms with Gasteiger partial charge in [-0.2, -0.15) is 0 Å². The number of fused-ring (bicyclic) bond motifs is 2. The summed E-state index contributed by atoms with van der Waals surface area (Å²) in [4.78, 5) is 42.3. The first kappa shape index (κ1) is 44.0. The highest BCUT2D eigenvalue weighted by Crippen LogP contribution is 2.67. The topological polar surface area (TPSA) is 137 Å². The second-order valence-corrected chi connectivity index (χ2v) is 20.0. The summed E-state index contributed by atoms with van der Waals surface area (Å²) in [5.41, 5.74) is 12.1. The normalized spacial score (nSPS) is 28.0. The molecule has 0 saturated heterocycles. The molecule has 0 unspecified atom stereocenters. The highest BCUT2D eigenvalue weighted by molar-refractivity contribution is 9.10. The van der Waals surface area contributed by atoms with E-state index < -0.39 is 43.9 Å². The standard InChI is InChI=1S/2C22H20BrF2N3OS/c2*1-3-19(29)22-10-18(22)21(2,28-20(26)30-22)14-8-12(4-6-15(14)24)9-16(25)17-7-5-13(23)11-27-17/h2*4-9,11,18H,3,10H2,1-2H3,(H2,26,28)/b16-9+;16-9-/t2*18-,21+,22-/m00/s1. The first-order valence-corrected chi connectivity index (χ1v) is 22.3. The molecule has 0 bridgehead atoms. The highest BCUT2D eigenvalue weighted by Gasteiger charge is 2.70. The number of aromatic nitrogens is 2. The molecular weight excluding hydrogens is 944 g/mol. The molecule has 2 saturated carbocycles. The summed E-state index contributed by atoms with van der Waals surface area (Å²) in [6.45, 7) is 7.23. The monoisotopic (exact) mass is 982 g/mol. The number of thioether (sulfide) groups is 2. The fourth-order valence-electron chi connectivity index (χ4n) is 8.39. The van der Waals surface area contributed by atoms with Gasteiger partial charge in [0.1, 0.15) is 34.9 Å². The summed E-state index contributed by atoms with van der Waals surface area (Å²) >= 11 is 9.10. The van der Waals surface area contributed by atoms with Crippen molar-refractivity contribution < 1.29 is 27.2 Å². The van der Waals surface area contributed by atoms with Gasteiger partial charge in [-0.3, -0.25) is 29.5 Å². The average molecular weight is 985 g/mol. The highest BCUT2D eigenvalue weighted by atomic mass is 79.9. The molecule has 16 heteroatoms. The fourth-order valence-corrected chi connectivity index (χ4v) is 11.8. The molecule has 8 rings (SSSR count). The molecule has 0 radical (unpaired) electrons. The van der Waals surface area contributed by atoms with E-state index in [4.69, 9.17) is 11.5 Å². The van der Waals surface area contributed by atoms with Gasteiger partial charge in [0.25, 0.3) is 0 Å². The van der Waals surface area contributed by atoms with Gasteiger partial charge >= 0.3 is 0 Å². The number of Topliss-reactive ketones (excluding diaryl/α,β-unsaturated/α-hetero) is 2. The number of carbonyl (C=O) groups excluding carboxylic acids is 2. The lowest BCUT2D eigenvalue weighted by Gasteiger charge is -2.33. The van der Waals surface area contributed by atoms with Crippen LogP contribution in [0.5, 0.6) is 0 Å². The third kappa shape index (κ3) is 8.16. The van der Waals surface area contributed by atoms with Crippen LogP contribution in [-0.2, 0) is 20.7 Å². The van der Waals surface area contributed by atoms with Crippen LogP contribution in [0.3, 0.4) is 0 Å². The number of halogens is 6. The molecule has 8 nitrogen and oxygen atoms in total. The van der Waals surface area contributed by atoms with E-state index in [-0.39, 0.29) is 45.1 Å². The largest absolute Gasteiger partial charge is 0.378 e. The predicted octanol–water partition coefficient (Wildman–Crippen LogP) is 10.9. The molecule has 4 heterocycles. The van der Waals surface area contributed by atoms with Crippen molar-refractivity contribution in [2.45, 2.75) is 74.0 Å². The number of carbonyl (C=O) groups is 2. The van der Waals surface area contributed by atoms with Crippen LogP contribution in [0, 0.1) is 23.5 Å². The number of ketones is 2. The smallest absolute Gasteiger partial charge is 0.155 e. The van der Waals surface area contributed by atoms with Crippen LogP contribution in [0.1, 0.15) is 87.0 Å². The van der Waals surface area contributed by atoms with Crippen LogP contribution in [-0.4, -0.2) is 41.4 Å². The van der Waals surface area contributed by atoms with E-state index in [1.54, 1.807) is 50.2 Å².